The molecule has 1 atom stereocenters. The maximum absolute atomic E-state index is 13.2. The summed E-state index contributed by atoms with van der Waals surface area (Å²) in [4.78, 5) is 0. The van der Waals surface area contributed by atoms with Gasteiger partial charge in [0.15, 0.2) is 0 Å². The van der Waals surface area contributed by atoms with Gasteiger partial charge in [-0.05, 0) is 49.4 Å². The molecule has 1 aromatic rings. The molecule has 5 heteroatoms. The molecule has 18 heavy (non-hydrogen) atoms. The Kier molecular flexibility index (Phi) is 3.90. The number of halogens is 3. The summed E-state index contributed by atoms with van der Waals surface area (Å²) in [7, 11) is 0. The third kappa shape index (κ3) is 2.66. The van der Waals surface area contributed by atoms with Crippen molar-refractivity contribution in [1.82, 2.24) is 0 Å². The first-order valence-electron chi connectivity index (χ1n) is 5.99. The van der Waals surface area contributed by atoms with Crippen molar-refractivity contribution in [2.45, 2.75) is 43.5 Å². The van der Waals surface area contributed by atoms with Gasteiger partial charge >= 0.3 is 0 Å². The van der Waals surface area contributed by atoms with E-state index in [9.17, 15) is 13.9 Å². The normalized spacial score (nSPS) is 30.2. The van der Waals surface area contributed by atoms with Crippen LogP contribution in [0.1, 0.15) is 37.3 Å². The highest BCUT2D eigenvalue weighted by molar-refractivity contribution is 6.31. The molecule has 0 saturated heterocycles. The van der Waals surface area contributed by atoms with Crippen LogP contribution in [-0.2, 0) is 0 Å². The lowest BCUT2D eigenvalue weighted by atomic mass is 9.76. The van der Waals surface area contributed by atoms with E-state index in [4.69, 9.17) is 17.3 Å². The fourth-order valence-electron chi connectivity index (χ4n) is 2.44. The zero-order chi connectivity index (χ0) is 13.3. The SMILES string of the molecule is NC(c1cc(F)ccc1Cl)C1(O)CCC(F)CC1. The molecular weight excluding hydrogens is 260 g/mol. The van der Waals surface area contributed by atoms with Gasteiger partial charge in [-0.1, -0.05) is 11.6 Å². The quantitative estimate of drug-likeness (QED) is 0.871. The largest absolute Gasteiger partial charge is 0.388 e. The Morgan fingerprint density at radius 2 is 2.00 bits per heavy atom. The van der Waals surface area contributed by atoms with Gasteiger partial charge in [-0.15, -0.1) is 0 Å². The molecular formula is C13H16ClF2NO. The Labute approximate surface area is 110 Å². The van der Waals surface area contributed by atoms with Crippen LogP contribution in [0.3, 0.4) is 0 Å². The molecule has 1 aromatic carbocycles. The molecule has 0 heterocycles. The Balaban J connectivity index is 2.24. The first-order chi connectivity index (χ1) is 8.42. The smallest absolute Gasteiger partial charge is 0.123 e. The highest BCUT2D eigenvalue weighted by atomic mass is 35.5. The van der Waals surface area contributed by atoms with Crippen LogP contribution in [0.5, 0.6) is 0 Å². The Morgan fingerprint density at radius 1 is 1.39 bits per heavy atom. The van der Waals surface area contributed by atoms with Gasteiger partial charge in [-0.25, -0.2) is 8.78 Å². The molecule has 1 aliphatic carbocycles. The minimum Gasteiger partial charge on any atom is -0.388 e. The van der Waals surface area contributed by atoms with Crippen LogP contribution in [0.4, 0.5) is 8.78 Å². The fourth-order valence-corrected chi connectivity index (χ4v) is 2.67. The lowest BCUT2D eigenvalue weighted by molar-refractivity contribution is -0.0364. The second-order valence-electron chi connectivity index (χ2n) is 4.92. The van der Waals surface area contributed by atoms with Crippen LogP contribution in [-0.4, -0.2) is 16.9 Å². The summed E-state index contributed by atoms with van der Waals surface area (Å²) in [6.45, 7) is 0. The van der Waals surface area contributed by atoms with E-state index < -0.39 is 23.6 Å². The predicted octanol–water partition coefficient (Wildman–Crippen LogP) is 3.12. The van der Waals surface area contributed by atoms with Gasteiger partial charge < -0.3 is 10.8 Å². The second kappa shape index (κ2) is 5.11. The van der Waals surface area contributed by atoms with Crippen LogP contribution >= 0.6 is 11.6 Å². The highest BCUT2D eigenvalue weighted by Crippen LogP contribution is 2.39. The van der Waals surface area contributed by atoms with Crippen LogP contribution in [0, 0.1) is 5.82 Å². The molecule has 1 unspecified atom stereocenters. The van der Waals surface area contributed by atoms with E-state index >= 15 is 0 Å². The van der Waals surface area contributed by atoms with E-state index in [0.717, 1.165) is 0 Å². The number of benzene rings is 1. The van der Waals surface area contributed by atoms with Crippen molar-refractivity contribution >= 4 is 11.6 Å². The van der Waals surface area contributed by atoms with Gasteiger partial charge in [-0.3, -0.25) is 0 Å². The molecule has 2 nitrogen and oxygen atoms in total. The van der Waals surface area contributed by atoms with Crippen molar-refractivity contribution in [2.24, 2.45) is 5.73 Å². The number of aliphatic hydroxyl groups is 1. The maximum atomic E-state index is 13.2. The van der Waals surface area contributed by atoms with Gasteiger partial charge in [0.1, 0.15) is 12.0 Å². The van der Waals surface area contributed by atoms with Crippen molar-refractivity contribution in [3.05, 3.63) is 34.6 Å². The molecule has 0 aromatic heterocycles. The summed E-state index contributed by atoms with van der Waals surface area (Å²) < 4.78 is 26.3. The van der Waals surface area contributed by atoms with Crippen molar-refractivity contribution in [3.8, 4) is 0 Å². The third-order valence-corrected chi connectivity index (χ3v) is 4.00. The summed E-state index contributed by atoms with van der Waals surface area (Å²) in [5.41, 5.74) is 5.16. The Bertz CT molecular complexity index is 433. The number of hydrogen-bond acceptors (Lipinski definition) is 2. The number of nitrogens with two attached hydrogens (primary N) is 1. The minimum atomic E-state index is -1.21. The van der Waals surface area contributed by atoms with Crippen molar-refractivity contribution < 1.29 is 13.9 Å². The first-order valence-corrected chi connectivity index (χ1v) is 6.37. The standard InChI is InChI=1S/C13H16ClF2NO/c14-11-2-1-9(16)7-10(11)12(17)13(18)5-3-8(15)4-6-13/h1-2,7-8,12,18H,3-6,17H2. The lowest BCUT2D eigenvalue weighted by Crippen LogP contribution is -2.44. The van der Waals surface area contributed by atoms with Crippen LogP contribution < -0.4 is 5.73 Å². The summed E-state index contributed by atoms with van der Waals surface area (Å²) in [5.74, 6) is -0.451. The van der Waals surface area contributed by atoms with E-state index in [2.05, 4.69) is 0 Å². The van der Waals surface area contributed by atoms with Crippen molar-refractivity contribution in [1.29, 1.82) is 0 Å². The first kappa shape index (κ1) is 13.7. The van der Waals surface area contributed by atoms with Gasteiger partial charge in [0.05, 0.1) is 11.6 Å². The van der Waals surface area contributed by atoms with Crippen molar-refractivity contribution in [3.63, 3.8) is 0 Å². The van der Waals surface area contributed by atoms with E-state index in [0.29, 0.717) is 10.6 Å². The molecule has 1 aliphatic rings. The van der Waals surface area contributed by atoms with Gasteiger partial charge in [-0.2, -0.15) is 0 Å². The van der Waals surface area contributed by atoms with E-state index in [-0.39, 0.29) is 25.7 Å². The van der Waals surface area contributed by atoms with E-state index in [1.165, 1.54) is 18.2 Å². The van der Waals surface area contributed by atoms with Crippen LogP contribution in [0.15, 0.2) is 18.2 Å². The van der Waals surface area contributed by atoms with Gasteiger partial charge in [0, 0.05) is 5.02 Å². The van der Waals surface area contributed by atoms with Crippen molar-refractivity contribution in [2.75, 3.05) is 0 Å². The third-order valence-electron chi connectivity index (χ3n) is 3.65. The van der Waals surface area contributed by atoms with E-state index in [1.54, 1.807) is 0 Å². The maximum Gasteiger partial charge on any atom is 0.123 e. The van der Waals surface area contributed by atoms with Gasteiger partial charge in [0.25, 0.3) is 0 Å². The molecule has 3 N–H and O–H groups in total. The predicted molar refractivity (Wildman–Crippen MR) is 66.7 cm³/mol. The van der Waals surface area contributed by atoms with E-state index in [1.807, 2.05) is 0 Å². The number of hydrogen-bond donors (Lipinski definition) is 2. The van der Waals surface area contributed by atoms with Gasteiger partial charge in [0.2, 0.25) is 0 Å². The number of alkyl halides is 1. The Morgan fingerprint density at radius 3 is 2.61 bits per heavy atom. The Hall–Kier alpha value is -0.710. The summed E-state index contributed by atoms with van der Waals surface area (Å²) >= 11 is 5.97. The summed E-state index contributed by atoms with van der Waals surface area (Å²) in [5, 5.41) is 10.8. The minimum absolute atomic E-state index is 0.266. The van der Waals surface area contributed by atoms with Crippen LogP contribution in [0.25, 0.3) is 0 Å². The highest BCUT2D eigenvalue weighted by Gasteiger charge is 2.40. The monoisotopic (exact) mass is 275 g/mol. The second-order valence-corrected chi connectivity index (χ2v) is 5.33. The summed E-state index contributed by atoms with van der Waals surface area (Å²) in [6, 6.07) is 3.08. The molecule has 0 spiro atoms. The average molecular weight is 276 g/mol. The average Bonchev–Trinajstić information content (AvgIpc) is 2.35. The van der Waals surface area contributed by atoms with Crippen LogP contribution in [0.2, 0.25) is 5.02 Å². The number of rotatable bonds is 2. The lowest BCUT2D eigenvalue weighted by Gasteiger charge is -2.38. The fraction of sp³-hybridized carbons (Fsp3) is 0.538. The zero-order valence-corrected chi connectivity index (χ0v) is 10.6. The molecule has 0 radical (unpaired) electrons. The molecule has 0 aliphatic heterocycles. The zero-order valence-electron chi connectivity index (χ0n) is 9.87. The molecule has 0 bridgehead atoms. The molecule has 2 rings (SSSR count). The molecule has 0 amide bonds. The molecule has 1 fully saturated rings. The molecule has 1 saturated carbocycles. The topological polar surface area (TPSA) is 46.2 Å². The summed E-state index contributed by atoms with van der Waals surface area (Å²) in [6.07, 6.45) is 0.193. The molecule has 100 valence electrons.